The van der Waals surface area contributed by atoms with Gasteiger partial charge in [-0.15, -0.1) is 0 Å². The van der Waals surface area contributed by atoms with Crippen molar-refractivity contribution >= 4 is 0 Å². The first-order valence-electron chi connectivity index (χ1n) is 4.66. The lowest BCUT2D eigenvalue weighted by Gasteiger charge is -2.00. The number of hydrogen-bond acceptors (Lipinski definition) is 5. The van der Waals surface area contributed by atoms with Crippen LogP contribution in [0.15, 0.2) is 29.7 Å². The van der Waals surface area contributed by atoms with Crippen LogP contribution < -0.4 is 10.3 Å². The standard InChI is InChI=1S/C10H10N4O2/c1-16-10-12-3-7(4-13-10)2-8-5-11-6-14-9(8)15/h3-6H,2H2,1H3,(H,11,14,15). The van der Waals surface area contributed by atoms with E-state index in [0.29, 0.717) is 18.0 Å². The highest BCUT2D eigenvalue weighted by Crippen LogP contribution is 2.05. The van der Waals surface area contributed by atoms with E-state index in [9.17, 15) is 4.79 Å². The molecule has 0 spiro atoms. The molecule has 82 valence electrons. The number of aromatic amines is 1. The van der Waals surface area contributed by atoms with E-state index in [1.807, 2.05) is 0 Å². The molecule has 0 aliphatic heterocycles. The van der Waals surface area contributed by atoms with Crippen LogP contribution in [0.1, 0.15) is 11.1 Å². The fraction of sp³-hybridized carbons (Fsp3) is 0.200. The lowest BCUT2D eigenvalue weighted by Crippen LogP contribution is -2.12. The van der Waals surface area contributed by atoms with Gasteiger partial charge >= 0.3 is 6.01 Å². The molecule has 0 amide bonds. The second-order valence-electron chi connectivity index (χ2n) is 3.15. The van der Waals surface area contributed by atoms with Gasteiger partial charge in [-0.1, -0.05) is 0 Å². The zero-order chi connectivity index (χ0) is 11.4. The highest BCUT2D eigenvalue weighted by atomic mass is 16.5. The summed E-state index contributed by atoms with van der Waals surface area (Å²) in [5.74, 6) is 0. The number of nitrogens with one attached hydrogen (secondary N) is 1. The summed E-state index contributed by atoms with van der Waals surface area (Å²) in [7, 11) is 1.50. The molecule has 0 atom stereocenters. The number of nitrogens with zero attached hydrogens (tertiary/aromatic N) is 3. The molecule has 0 unspecified atom stereocenters. The number of ether oxygens (including phenoxy) is 1. The van der Waals surface area contributed by atoms with Gasteiger partial charge in [-0.3, -0.25) is 4.79 Å². The van der Waals surface area contributed by atoms with Crippen molar-refractivity contribution < 1.29 is 4.74 Å². The van der Waals surface area contributed by atoms with Crippen LogP contribution in [-0.2, 0) is 6.42 Å². The van der Waals surface area contributed by atoms with E-state index in [-0.39, 0.29) is 5.56 Å². The van der Waals surface area contributed by atoms with Crippen molar-refractivity contribution in [3.63, 3.8) is 0 Å². The van der Waals surface area contributed by atoms with Crippen LogP contribution in [0, 0.1) is 0 Å². The number of rotatable bonds is 3. The Kier molecular flexibility index (Phi) is 2.90. The predicted octanol–water partition coefficient (Wildman–Crippen LogP) is 0.159. The van der Waals surface area contributed by atoms with Gasteiger partial charge in [0.1, 0.15) is 0 Å². The summed E-state index contributed by atoms with van der Waals surface area (Å²) in [6, 6.07) is 0.309. The molecule has 0 saturated carbocycles. The summed E-state index contributed by atoms with van der Waals surface area (Å²) < 4.78 is 4.84. The molecule has 2 aromatic heterocycles. The van der Waals surface area contributed by atoms with E-state index in [1.165, 1.54) is 13.4 Å². The Morgan fingerprint density at radius 2 is 2.06 bits per heavy atom. The molecule has 6 nitrogen and oxygen atoms in total. The topological polar surface area (TPSA) is 80.8 Å². The summed E-state index contributed by atoms with van der Waals surface area (Å²) in [5.41, 5.74) is 1.17. The van der Waals surface area contributed by atoms with Gasteiger partial charge in [0.25, 0.3) is 5.56 Å². The molecule has 2 aromatic rings. The highest BCUT2D eigenvalue weighted by molar-refractivity contribution is 5.18. The monoisotopic (exact) mass is 218 g/mol. The Bertz CT molecular complexity index is 521. The van der Waals surface area contributed by atoms with Crippen LogP contribution in [0.2, 0.25) is 0 Å². The Morgan fingerprint density at radius 3 is 2.69 bits per heavy atom. The highest BCUT2D eigenvalue weighted by Gasteiger charge is 2.02. The molecule has 0 aliphatic carbocycles. The second-order valence-corrected chi connectivity index (χ2v) is 3.15. The number of hydrogen-bond donors (Lipinski definition) is 1. The first-order valence-corrected chi connectivity index (χ1v) is 4.66. The van der Waals surface area contributed by atoms with Gasteiger partial charge in [0.05, 0.1) is 13.4 Å². The molecule has 0 aromatic carbocycles. The van der Waals surface area contributed by atoms with Crippen LogP contribution in [-0.4, -0.2) is 27.0 Å². The Balaban J connectivity index is 2.21. The van der Waals surface area contributed by atoms with Crippen LogP contribution in [0.25, 0.3) is 0 Å². The van der Waals surface area contributed by atoms with Crippen LogP contribution >= 0.6 is 0 Å². The molecule has 0 radical (unpaired) electrons. The van der Waals surface area contributed by atoms with E-state index in [2.05, 4.69) is 19.9 Å². The Labute approximate surface area is 91.4 Å². The first kappa shape index (κ1) is 10.3. The zero-order valence-electron chi connectivity index (χ0n) is 8.67. The zero-order valence-corrected chi connectivity index (χ0v) is 8.67. The molecule has 16 heavy (non-hydrogen) atoms. The molecule has 6 heteroatoms. The summed E-state index contributed by atoms with van der Waals surface area (Å²) >= 11 is 0. The fourth-order valence-corrected chi connectivity index (χ4v) is 1.26. The van der Waals surface area contributed by atoms with Crippen LogP contribution in [0.4, 0.5) is 0 Å². The van der Waals surface area contributed by atoms with Gasteiger partial charge in [0.15, 0.2) is 0 Å². The van der Waals surface area contributed by atoms with Crippen molar-refractivity contribution in [2.24, 2.45) is 0 Å². The molecular formula is C10H10N4O2. The van der Waals surface area contributed by atoms with Gasteiger partial charge in [-0.2, -0.15) is 4.98 Å². The molecule has 1 N–H and O–H groups in total. The Morgan fingerprint density at radius 1 is 1.31 bits per heavy atom. The van der Waals surface area contributed by atoms with Crippen molar-refractivity contribution in [1.82, 2.24) is 19.9 Å². The van der Waals surface area contributed by atoms with Gasteiger partial charge in [0.2, 0.25) is 0 Å². The van der Waals surface area contributed by atoms with Crippen molar-refractivity contribution in [3.05, 3.63) is 46.4 Å². The maximum atomic E-state index is 11.4. The van der Waals surface area contributed by atoms with Crippen LogP contribution in [0.3, 0.4) is 0 Å². The lowest BCUT2D eigenvalue weighted by molar-refractivity contribution is 0.379. The van der Waals surface area contributed by atoms with Gasteiger partial charge in [0, 0.05) is 30.6 Å². The van der Waals surface area contributed by atoms with Crippen LogP contribution in [0.5, 0.6) is 6.01 Å². The van der Waals surface area contributed by atoms with Gasteiger partial charge in [-0.25, -0.2) is 9.97 Å². The molecule has 0 aliphatic rings. The third-order valence-corrected chi connectivity index (χ3v) is 2.05. The predicted molar refractivity (Wildman–Crippen MR) is 56.2 cm³/mol. The summed E-state index contributed by atoms with van der Waals surface area (Å²) in [6.45, 7) is 0. The third-order valence-electron chi connectivity index (χ3n) is 2.05. The molecule has 0 bridgehead atoms. The lowest BCUT2D eigenvalue weighted by atomic mass is 10.1. The molecule has 0 saturated heterocycles. The number of methoxy groups -OCH3 is 1. The van der Waals surface area contributed by atoms with Crippen molar-refractivity contribution in [3.8, 4) is 6.01 Å². The fourth-order valence-electron chi connectivity index (χ4n) is 1.26. The van der Waals surface area contributed by atoms with Gasteiger partial charge in [-0.05, 0) is 5.56 Å². The third kappa shape index (κ3) is 2.22. The van der Waals surface area contributed by atoms with E-state index < -0.39 is 0 Å². The average Bonchev–Trinajstić information content (AvgIpc) is 2.33. The minimum Gasteiger partial charge on any atom is -0.467 e. The van der Waals surface area contributed by atoms with E-state index in [1.54, 1.807) is 18.6 Å². The normalized spacial score (nSPS) is 10.1. The smallest absolute Gasteiger partial charge is 0.316 e. The van der Waals surface area contributed by atoms with E-state index in [0.717, 1.165) is 5.56 Å². The van der Waals surface area contributed by atoms with Crippen molar-refractivity contribution in [2.45, 2.75) is 6.42 Å². The largest absolute Gasteiger partial charge is 0.467 e. The number of aromatic nitrogens is 4. The number of H-pyrrole nitrogens is 1. The maximum absolute atomic E-state index is 11.4. The molecular weight excluding hydrogens is 208 g/mol. The van der Waals surface area contributed by atoms with Crippen molar-refractivity contribution in [2.75, 3.05) is 7.11 Å². The first-order chi connectivity index (χ1) is 7.79. The Hall–Kier alpha value is -2.24. The minimum atomic E-state index is -0.241. The van der Waals surface area contributed by atoms with Gasteiger partial charge < -0.3 is 9.72 Å². The van der Waals surface area contributed by atoms with E-state index in [4.69, 9.17) is 4.74 Å². The molecule has 2 rings (SSSR count). The molecule has 0 fully saturated rings. The summed E-state index contributed by atoms with van der Waals surface area (Å²) in [4.78, 5) is 25.7. The maximum Gasteiger partial charge on any atom is 0.316 e. The minimum absolute atomic E-state index is 0.241. The quantitative estimate of drug-likeness (QED) is 0.793. The van der Waals surface area contributed by atoms with E-state index >= 15 is 0 Å². The molecule has 2 heterocycles. The SMILES string of the molecule is COc1ncc(Cc2c[nH]cnc2=O)cn1. The summed E-state index contributed by atoms with van der Waals surface area (Å²) in [5, 5.41) is 0. The summed E-state index contributed by atoms with van der Waals surface area (Å²) in [6.07, 6.45) is 6.68. The second kappa shape index (κ2) is 4.52. The van der Waals surface area contributed by atoms with Crippen molar-refractivity contribution in [1.29, 1.82) is 0 Å². The average molecular weight is 218 g/mol.